The first kappa shape index (κ1) is 16.9. The quantitative estimate of drug-likeness (QED) is 0.454. The molecular formula is C17H18N2O6. The van der Waals surface area contributed by atoms with Crippen molar-refractivity contribution in [2.75, 3.05) is 13.2 Å². The van der Waals surface area contributed by atoms with Gasteiger partial charge in [-0.1, -0.05) is 12.2 Å². The van der Waals surface area contributed by atoms with Gasteiger partial charge in [-0.2, -0.15) is 0 Å². The van der Waals surface area contributed by atoms with Crippen LogP contribution in [0.2, 0.25) is 0 Å². The summed E-state index contributed by atoms with van der Waals surface area (Å²) < 4.78 is 9.90. The van der Waals surface area contributed by atoms with Gasteiger partial charge in [-0.15, -0.1) is 0 Å². The Morgan fingerprint density at radius 3 is 2.48 bits per heavy atom. The number of imide groups is 1. The van der Waals surface area contributed by atoms with Gasteiger partial charge in [0.15, 0.2) is 6.61 Å². The average Bonchev–Trinajstić information content (AvgIpc) is 3.22. The first-order valence-corrected chi connectivity index (χ1v) is 8.01. The number of rotatable bonds is 6. The number of esters is 1. The molecule has 3 rings (SSSR count). The molecule has 1 saturated heterocycles. The summed E-state index contributed by atoms with van der Waals surface area (Å²) in [7, 11) is 0. The van der Waals surface area contributed by atoms with Crippen molar-refractivity contribution in [1.29, 1.82) is 0 Å². The van der Waals surface area contributed by atoms with Crippen LogP contribution in [0.1, 0.15) is 18.6 Å². The topological polar surface area (TPSA) is 106 Å². The molecule has 1 aliphatic carbocycles. The van der Waals surface area contributed by atoms with Gasteiger partial charge in [0, 0.05) is 0 Å². The normalized spacial score (nSPS) is 22.0. The van der Waals surface area contributed by atoms with E-state index in [4.69, 9.17) is 9.15 Å². The lowest BCUT2D eigenvalue weighted by atomic mass is 9.85. The molecule has 0 bridgehead atoms. The van der Waals surface area contributed by atoms with Gasteiger partial charge in [-0.3, -0.25) is 24.1 Å². The fraction of sp³-hybridized carbons (Fsp3) is 0.412. The number of hydrogen-bond acceptors (Lipinski definition) is 6. The minimum atomic E-state index is -0.790. The molecular weight excluding hydrogens is 328 g/mol. The van der Waals surface area contributed by atoms with E-state index in [-0.39, 0.29) is 30.2 Å². The molecule has 0 spiro atoms. The Morgan fingerprint density at radius 1 is 1.20 bits per heavy atom. The Hall–Kier alpha value is -2.90. The molecule has 0 saturated carbocycles. The fourth-order valence-corrected chi connectivity index (χ4v) is 3.00. The number of carbonyl (C=O) groups excluding carboxylic acids is 4. The number of furan rings is 1. The molecule has 1 aromatic rings. The number of carbonyl (C=O) groups is 4. The summed E-state index contributed by atoms with van der Waals surface area (Å²) in [5.74, 6) is -2.19. The Kier molecular flexibility index (Phi) is 4.97. The first-order chi connectivity index (χ1) is 12.1. The molecule has 2 unspecified atom stereocenters. The van der Waals surface area contributed by atoms with Crippen LogP contribution in [0.25, 0.3) is 0 Å². The van der Waals surface area contributed by atoms with Crippen LogP contribution in [0.15, 0.2) is 35.0 Å². The largest absolute Gasteiger partial charge is 0.467 e. The highest BCUT2D eigenvalue weighted by molar-refractivity contribution is 6.07. The Bertz CT molecular complexity index is 683. The minimum absolute atomic E-state index is 0.183. The van der Waals surface area contributed by atoms with Gasteiger partial charge in [-0.05, 0) is 25.0 Å². The van der Waals surface area contributed by atoms with Crippen molar-refractivity contribution in [1.82, 2.24) is 10.2 Å². The summed E-state index contributed by atoms with van der Waals surface area (Å²) >= 11 is 0. The maximum atomic E-state index is 12.2. The number of allylic oxidation sites excluding steroid dienone is 2. The van der Waals surface area contributed by atoms with Crippen molar-refractivity contribution in [2.45, 2.75) is 19.4 Å². The van der Waals surface area contributed by atoms with Crippen LogP contribution in [0.4, 0.5) is 0 Å². The second-order valence-electron chi connectivity index (χ2n) is 5.94. The first-order valence-electron chi connectivity index (χ1n) is 8.01. The van der Waals surface area contributed by atoms with Crippen molar-refractivity contribution in [3.05, 3.63) is 36.3 Å². The van der Waals surface area contributed by atoms with Crippen LogP contribution < -0.4 is 5.32 Å². The lowest BCUT2D eigenvalue weighted by molar-refractivity contribution is -0.154. The Balaban J connectivity index is 1.44. The van der Waals surface area contributed by atoms with Crippen molar-refractivity contribution < 1.29 is 28.3 Å². The van der Waals surface area contributed by atoms with Gasteiger partial charge in [0.05, 0.1) is 24.6 Å². The summed E-state index contributed by atoms with van der Waals surface area (Å²) in [6, 6.07) is 3.39. The summed E-state index contributed by atoms with van der Waals surface area (Å²) in [4.78, 5) is 48.9. The number of amides is 3. The van der Waals surface area contributed by atoms with Crippen LogP contribution in [-0.4, -0.2) is 41.7 Å². The van der Waals surface area contributed by atoms with Crippen molar-refractivity contribution in [2.24, 2.45) is 11.8 Å². The predicted molar refractivity (Wildman–Crippen MR) is 83.6 cm³/mol. The molecule has 1 aliphatic heterocycles. The maximum Gasteiger partial charge on any atom is 0.326 e. The molecule has 1 fully saturated rings. The smallest absolute Gasteiger partial charge is 0.326 e. The number of nitrogens with one attached hydrogen (secondary N) is 1. The van der Waals surface area contributed by atoms with Gasteiger partial charge in [0.1, 0.15) is 12.3 Å². The molecule has 8 heteroatoms. The molecule has 25 heavy (non-hydrogen) atoms. The third-order valence-corrected chi connectivity index (χ3v) is 4.29. The molecule has 1 N–H and O–H groups in total. The highest BCUT2D eigenvalue weighted by atomic mass is 16.5. The van der Waals surface area contributed by atoms with E-state index in [1.54, 1.807) is 12.1 Å². The van der Waals surface area contributed by atoms with E-state index in [2.05, 4.69) is 5.32 Å². The van der Waals surface area contributed by atoms with E-state index in [0.717, 1.165) is 4.90 Å². The average molecular weight is 346 g/mol. The molecule has 132 valence electrons. The molecule has 2 heterocycles. The van der Waals surface area contributed by atoms with Crippen LogP contribution in [0.3, 0.4) is 0 Å². The number of ether oxygens (including phenoxy) is 1. The monoisotopic (exact) mass is 346 g/mol. The summed E-state index contributed by atoms with van der Waals surface area (Å²) in [6.07, 6.45) is 6.25. The second kappa shape index (κ2) is 7.33. The molecule has 2 atom stereocenters. The van der Waals surface area contributed by atoms with E-state index in [0.29, 0.717) is 18.6 Å². The van der Waals surface area contributed by atoms with Crippen LogP contribution in [0.5, 0.6) is 0 Å². The SMILES string of the molecule is O=C(COC(=O)CN1C(=O)C2CC=CCC2C1=O)NCc1ccco1. The molecule has 1 aromatic heterocycles. The van der Waals surface area contributed by atoms with E-state index in [9.17, 15) is 19.2 Å². The van der Waals surface area contributed by atoms with Gasteiger partial charge in [0.2, 0.25) is 11.8 Å². The molecule has 8 nitrogen and oxygen atoms in total. The summed E-state index contributed by atoms with van der Waals surface area (Å²) in [5, 5.41) is 2.53. The summed E-state index contributed by atoms with van der Waals surface area (Å²) in [6.45, 7) is -0.761. The Morgan fingerprint density at radius 2 is 1.88 bits per heavy atom. The number of likely N-dealkylation sites (tertiary alicyclic amines) is 1. The Labute approximate surface area is 143 Å². The van der Waals surface area contributed by atoms with Crippen LogP contribution in [-0.2, 0) is 30.5 Å². The van der Waals surface area contributed by atoms with Gasteiger partial charge in [0.25, 0.3) is 5.91 Å². The lowest BCUT2D eigenvalue weighted by Crippen LogP contribution is -2.38. The summed E-state index contributed by atoms with van der Waals surface area (Å²) in [5.41, 5.74) is 0. The van der Waals surface area contributed by atoms with Gasteiger partial charge in [-0.25, -0.2) is 0 Å². The van der Waals surface area contributed by atoms with Crippen molar-refractivity contribution >= 4 is 23.7 Å². The number of nitrogens with zero attached hydrogens (tertiary/aromatic N) is 1. The molecule has 3 amide bonds. The molecule has 0 aromatic carbocycles. The van der Waals surface area contributed by atoms with Crippen molar-refractivity contribution in [3.8, 4) is 0 Å². The van der Waals surface area contributed by atoms with Crippen LogP contribution in [0, 0.1) is 11.8 Å². The fourth-order valence-electron chi connectivity index (χ4n) is 3.00. The number of hydrogen-bond donors (Lipinski definition) is 1. The van der Waals surface area contributed by atoms with Gasteiger partial charge < -0.3 is 14.5 Å². The lowest BCUT2D eigenvalue weighted by Gasteiger charge is -2.14. The minimum Gasteiger partial charge on any atom is -0.467 e. The van der Waals surface area contributed by atoms with E-state index >= 15 is 0 Å². The zero-order valence-electron chi connectivity index (χ0n) is 13.5. The molecule has 2 aliphatic rings. The van der Waals surface area contributed by atoms with Crippen molar-refractivity contribution in [3.63, 3.8) is 0 Å². The predicted octanol–water partition coefficient (Wildman–Crippen LogP) is 0.390. The maximum absolute atomic E-state index is 12.2. The second-order valence-corrected chi connectivity index (χ2v) is 5.94. The third-order valence-electron chi connectivity index (χ3n) is 4.29. The van der Waals surface area contributed by atoms with E-state index in [1.807, 2.05) is 12.2 Å². The molecule has 0 radical (unpaired) electrons. The van der Waals surface area contributed by atoms with E-state index < -0.39 is 25.0 Å². The zero-order valence-corrected chi connectivity index (χ0v) is 13.5. The highest BCUT2D eigenvalue weighted by Crippen LogP contribution is 2.34. The third kappa shape index (κ3) is 3.78. The highest BCUT2D eigenvalue weighted by Gasteiger charge is 2.47. The number of fused-ring (bicyclic) bond motifs is 1. The van der Waals surface area contributed by atoms with Gasteiger partial charge >= 0.3 is 5.97 Å². The standard InChI is InChI=1S/C17H18N2O6/c20-14(18-8-11-4-3-7-24-11)10-25-15(21)9-19-16(22)12-5-1-2-6-13(12)17(19)23/h1-4,7,12-13H,5-6,8-10H2,(H,18,20). The zero-order chi connectivity index (χ0) is 17.8. The van der Waals surface area contributed by atoms with Crippen LogP contribution >= 0.6 is 0 Å². The van der Waals surface area contributed by atoms with E-state index in [1.165, 1.54) is 6.26 Å².